The summed E-state index contributed by atoms with van der Waals surface area (Å²) in [6, 6.07) is 2.55. The molecule has 0 spiro atoms. The van der Waals surface area contributed by atoms with Gasteiger partial charge in [-0.2, -0.15) is 0 Å². The highest BCUT2D eigenvalue weighted by Crippen LogP contribution is 2.25. The minimum absolute atomic E-state index is 0.774. The third kappa shape index (κ3) is 9.00. The third-order valence-corrected chi connectivity index (χ3v) is 8.46. The maximum atomic E-state index is 5.90. The molecule has 0 aliphatic rings. The van der Waals surface area contributed by atoms with Crippen LogP contribution in [0.15, 0.2) is 0 Å². The highest BCUT2D eigenvalue weighted by atomic mass is 28.4. The van der Waals surface area contributed by atoms with Crippen molar-refractivity contribution in [3.63, 3.8) is 0 Å². The van der Waals surface area contributed by atoms with Gasteiger partial charge < -0.3 is 8.85 Å². The summed E-state index contributed by atoms with van der Waals surface area (Å²) in [5.41, 5.74) is 0. The summed E-state index contributed by atoms with van der Waals surface area (Å²) in [6.07, 6.45) is 1.29. The molecule has 0 aromatic carbocycles. The van der Waals surface area contributed by atoms with Crippen LogP contribution in [0.3, 0.4) is 0 Å². The van der Waals surface area contributed by atoms with Crippen molar-refractivity contribution in [2.75, 3.05) is 13.2 Å². The molecule has 4 heteroatoms. The minimum atomic E-state index is -1.41. The summed E-state index contributed by atoms with van der Waals surface area (Å²) in [6.45, 7) is 17.6. The van der Waals surface area contributed by atoms with Crippen molar-refractivity contribution >= 4 is 16.6 Å². The first-order chi connectivity index (χ1) is 7.72. The number of hydrogen-bond donors (Lipinski definition) is 0. The van der Waals surface area contributed by atoms with Gasteiger partial charge >= 0.3 is 0 Å². The number of rotatable bonds is 9. The van der Waals surface area contributed by atoms with Crippen LogP contribution in [-0.2, 0) is 8.85 Å². The molecule has 0 heterocycles. The lowest BCUT2D eigenvalue weighted by atomic mass is 10.2. The second-order valence-corrected chi connectivity index (χ2v) is 14.8. The zero-order valence-electron chi connectivity index (χ0n) is 12.9. The Balaban J connectivity index is 3.98. The molecule has 0 radical (unpaired) electrons. The Labute approximate surface area is 110 Å². The van der Waals surface area contributed by atoms with Crippen LogP contribution in [0, 0.1) is 5.92 Å². The fourth-order valence-corrected chi connectivity index (χ4v) is 7.34. The highest BCUT2D eigenvalue weighted by molar-refractivity contribution is 6.71. The molecule has 0 fully saturated rings. The van der Waals surface area contributed by atoms with Gasteiger partial charge in [0.15, 0.2) is 16.6 Å². The predicted octanol–water partition coefficient (Wildman–Crippen LogP) is 4.50. The van der Waals surface area contributed by atoms with Crippen LogP contribution in [0.2, 0.25) is 38.3 Å². The van der Waals surface area contributed by atoms with E-state index in [9.17, 15) is 0 Å². The lowest BCUT2D eigenvalue weighted by Crippen LogP contribution is -2.34. The Kier molecular flexibility index (Phi) is 7.88. The van der Waals surface area contributed by atoms with Gasteiger partial charge in [-0.3, -0.25) is 0 Å². The van der Waals surface area contributed by atoms with E-state index in [1.54, 1.807) is 0 Å². The summed E-state index contributed by atoms with van der Waals surface area (Å²) in [5.74, 6) is 0.774. The van der Waals surface area contributed by atoms with Crippen molar-refractivity contribution in [1.29, 1.82) is 0 Å². The summed E-state index contributed by atoms with van der Waals surface area (Å²) >= 11 is 0. The summed E-state index contributed by atoms with van der Waals surface area (Å²) in [7, 11) is -2.79. The molecule has 2 nitrogen and oxygen atoms in total. The Morgan fingerprint density at radius 2 is 1.35 bits per heavy atom. The molecule has 0 saturated heterocycles. The normalized spacial score (nSPS) is 15.0. The predicted molar refractivity (Wildman–Crippen MR) is 81.6 cm³/mol. The van der Waals surface area contributed by atoms with Gasteiger partial charge in [0, 0.05) is 13.2 Å². The van der Waals surface area contributed by atoms with Gasteiger partial charge in [-0.05, 0) is 58.0 Å². The highest BCUT2D eigenvalue weighted by Gasteiger charge is 2.27. The van der Waals surface area contributed by atoms with E-state index in [4.69, 9.17) is 8.85 Å². The van der Waals surface area contributed by atoms with E-state index in [0.29, 0.717) is 0 Å². The van der Waals surface area contributed by atoms with Crippen LogP contribution < -0.4 is 0 Å². The summed E-state index contributed by atoms with van der Waals surface area (Å²) in [5, 5.41) is 0. The quantitative estimate of drug-likeness (QED) is 0.577. The summed E-state index contributed by atoms with van der Waals surface area (Å²) in [4.78, 5) is 0. The van der Waals surface area contributed by atoms with Crippen molar-refractivity contribution in [1.82, 2.24) is 0 Å². The van der Waals surface area contributed by atoms with Gasteiger partial charge in [-0.1, -0.05) is 13.3 Å². The van der Waals surface area contributed by atoms with Gasteiger partial charge in [0.1, 0.15) is 0 Å². The van der Waals surface area contributed by atoms with Gasteiger partial charge in [0.25, 0.3) is 0 Å². The molecular weight excluding hydrogens is 244 g/mol. The Hall–Kier alpha value is 0.354. The fourth-order valence-electron chi connectivity index (χ4n) is 2.45. The van der Waals surface area contributed by atoms with Gasteiger partial charge in [-0.15, -0.1) is 0 Å². The second kappa shape index (κ2) is 7.72. The zero-order chi connectivity index (χ0) is 13.5. The Bertz CT molecular complexity index is 206. The molecule has 104 valence electrons. The zero-order valence-corrected chi connectivity index (χ0v) is 14.9. The number of hydrogen-bond acceptors (Lipinski definition) is 2. The van der Waals surface area contributed by atoms with Crippen molar-refractivity contribution in [3.05, 3.63) is 0 Å². The van der Waals surface area contributed by atoms with Gasteiger partial charge in [0.2, 0.25) is 0 Å². The summed E-state index contributed by atoms with van der Waals surface area (Å²) < 4.78 is 11.8. The smallest absolute Gasteiger partial charge is 0.186 e. The molecule has 0 aromatic rings. The Morgan fingerprint density at radius 3 is 1.82 bits per heavy atom. The molecule has 0 saturated carbocycles. The fraction of sp³-hybridized carbons (Fsp3) is 1.00. The van der Waals surface area contributed by atoms with Crippen molar-refractivity contribution in [2.45, 2.75) is 65.5 Å². The van der Waals surface area contributed by atoms with Crippen LogP contribution in [0.5, 0.6) is 0 Å². The maximum absolute atomic E-state index is 5.90. The molecular formula is C13H32O2Si2. The first kappa shape index (κ1) is 17.4. The van der Waals surface area contributed by atoms with Crippen LogP contribution in [0.25, 0.3) is 0 Å². The molecule has 0 rings (SSSR count). The molecule has 0 aliphatic heterocycles. The average molecular weight is 277 g/mol. The molecule has 0 aliphatic carbocycles. The molecule has 0 amide bonds. The first-order valence-corrected chi connectivity index (χ1v) is 13.2. The van der Waals surface area contributed by atoms with Crippen molar-refractivity contribution in [3.8, 4) is 0 Å². The third-order valence-electron chi connectivity index (χ3n) is 3.15. The standard InChI is InChI=1S/C13H32O2Si2/c1-8-14-16(4,5)11-10-13(3)12-17(6,7)15-9-2/h13H,8-12H2,1-7H3. The SMILES string of the molecule is CCO[Si](C)(C)CCC(C)C[Si](C)(C)OCC. The largest absolute Gasteiger partial charge is 0.418 e. The molecule has 0 bridgehead atoms. The van der Waals surface area contributed by atoms with E-state index in [2.05, 4.69) is 47.0 Å². The monoisotopic (exact) mass is 276 g/mol. The van der Waals surface area contributed by atoms with E-state index in [-0.39, 0.29) is 0 Å². The lowest BCUT2D eigenvalue weighted by molar-refractivity contribution is 0.317. The minimum Gasteiger partial charge on any atom is -0.418 e. The van der Waals surface area contributed by atoms with E-state index >= 15 is 0 Å². The van der Waals surface area contributed by atoms with E-state index in [0.717, 1.165) is 19.1 Å². The average Bonchev–Trinajstić information content (AvgIpc) is 2.14. The molecule has 1 unspecified atom stereocenters. The molecule has 0 aromatic heterocycles. The van der Waals surface area contributed by atoms with Crippen LogP contribution >= 0.6 is 0 Å². The van der Waals surface area contributed by atoms with Crippen molar-refractivity contribution in [2.24, 2.45) is 5.92 Å². The lowest BCUT2D eigenvalue weighted by Gasteiger charge is -2.28. The topological polar surface area (TPSA) is 18.5 Å². The molecule has 17 heavy (non-hydrogen) atoms. The molecule has 0 N–H and O–H groups in total. The van der Waals surface area contributed by atoms with Crippen molar-refractivity contribution < 1.29 is 8.85 Å². The van der Waals surface area contributed by atoms with Crippen LogP contribution in [0.1, 0.15) is 27.2 Å². The molecule has 1 atom stereocenters. The second-order valence-electron chi connectivity index (χ2n) is 6.23. The van der Waals surface area contributed by atoms with E-state index in [1.807, 2.05) is 0 Å². The van der Waals surface area contributed by atoms with Crippen LogP contribution in [0.4, 0.5) is 0 Å². The Morgan fingerprint density at radius 1 is 0.882 bits per heavy atom. The van der Waals surface area contributed by atoms with Gasteiger partial charge in [-0.25, -0.2) is 0 Å². The van der Waals surface area contributed by atoms with E-state index < -0.39 is 16.6 Å². The first-order valence-electron chi connectivity index (χ1n) is 7.00. The maximum Gasteiger partial charge on any atom is 0.186 e. The van der Waals surface area contributed by atoms with Crippen LogP contribution in [-0.4, -0.2) is 29.8 Å². The van der Waals surface area contributed by atoms with Gasteiger partial charge in [0.05, 0.1) is 0 Å². The van der Waals surface area contributed by atoms with E-state index in [1.165, 1.54) is 18.5 Å².